The summed E-state index contributed by atoms with van der Waals surface area (Å²) >= 11 is 0. The molecular weight excluding hydrogens is 428 g/mol. The Labute approximate surface area is 191 Å². The molecule has 0 aliphatic heterocycles. The van der Waals surface area contributed by atoms with Gasteiger partial charge in [0, 0.05) is 30.5 Å². The molecule has 3 aromatic rings. The van der Waals surface area contributed by atoms with Gasteiger partial charge >= 0.3 is 0 Å². The van der Waals surface area contributed by atoms with E-state index in [1.165, 1.54) is 6.07 Å². The van der Waals surface area contributed by atoms with Crippen molar-refractivity contribution in [2.75, 3.05) is 18.5 Å². The van der Waals surface area contributed by atoms with Gasteiger partial charge in [-0.15, -0.1) is 0 Å². The van der Waals surface area contributed by atoms with Crippen LogP contribution in [-0.2, 0) is 13.5 Å². The lowest BCUT2D eigenvalue weighted by Crippen LogP contribution is -2.36. The molecule has 9 heteroatoms. The quantitative estimate of drug-likeness (QED) is 0.414. The van der Waals surface area contributed by atoms with Crippen LogP contribution in [0.2, 0.25) is 0 Å². The second-order valence-electron chi connectivity index (χ2n) is 7.42. The molecule has 1 aromatic heterocycles. The highest BCUT2D eigenvalue weighted by Gasteiger charge is 2.13. The minimum absolute atomic E-state index is 0.0194. The monoisotopic (exact) mass is 455 g/mol. The molecule has 0 bridgehead atoms. The van der Waals surface area contributed by atoms with Gasteiger partial charge < -0.3 is 10.1 Å². The van der Waals surface area contributed by atoms with E-state index in [9.17, 15) is 13.6 Å². The van der Waals surface area contributed by atoms with Crippen molar-refractivity contribution in [2.45, 2.75) is 27.2 Å². The summed E-state index contributed by atoms with van der Waals surface area (Å²) in [5.74, 6) is -1.82. The first-order valence-electron chi connectivity index (χ1n) is 10.6. The van der Waals surface area contributed by atoms with Gasteiger partial charge in [0.2, 0.25) is 5.96 Å². The number of hydrogen-bond donors (Lipinski definition) is 2. The van der Waals surface area contributed by atoms with Gasteiger partial charge in [0.05, 0.1) is 12.3 Å². The maximum atomic E-state index is 13.6. The summed E-state index contributed by atoms with van der Waals surface area (Å²) in [7, 11) is 1.88. The molecule has 0 saturated carbocycles. The van der Waals surface area contributed by atoms with E-state index in [1.807, 2.05) is 32.5 Å². The van der Waals surface area contributed by atoms with Crippen molar-refractivity contribution in [3.05, 3.63) is 76.6 Å². The highest BCUT2D eigenvalue weighted by atomic mass is 19.2. The van der Waals surface area contributed by atoms with Gasteiger partial charge in [0.1, 0.15) is 5.75 Å². The number of nitrogens with one attached hydrogen (secondary N) is 2. The summed E-state index contributed by atoms with van der Waals surface area (Å²) < 4.78 is 34.1. The Morgan fingerprint density at radius 2 is 1.85 bits per heavy atom. The summed E-state index contributed by atoms with van der Waals surface area (Å²) in [5, 5.41) is 10.1. The smallest absolute Gasteiger partial charge is 0.258 e. The molecule has 0 aliphatic carbocycles. The van der Waals surface area contributed by atoms with Crippen LogP contribution < -0.4 is 15.4 Å². The maximum Gasteiger partial charge on any atom is 0.258 e. The van der Waals surface area contributed by atoms with E-state index in [0.717, 1.165) is 34.8 Å². The van der Waals surface area contributed by atoms with E-state index in [-0.39, 0.29) is 11.5 Å². The molecule has 0 saturated heterocycles. The fourth-order valence-electron chi connectivity index (χ4n) is 3.32. The lowest BCUT2D eigenvalue weighted by molar-refractivity contribution is 0.0976. The predicted molar refractivity (Wildman–Crippen MR) is 124 cm³/mol. The van der Waals surface area contributed by atoms with Gasteiger partial charge in [-0.3, -0.25) is 19.8 Å². The Hall–Kier alpha value is -3.75. The zero-order chi connectivity index (χ0) is 24.0. The number of halogens is 2. The van der Waals surface area contributed by atoms with Crippen LogP contribution in [0.1, 0.15) is 34.2 Å². The summed E-state index contributed by atoms with van der Waals surface area (Å²) in [6.45, 7) is 6.76. The van der Waals surface area contributed by atoms with Crippen LogP contribution in [-0.4, -0.2) is 34.8 Å². The first-order chi connectivity index (χ1) is 15.8. The standard InChI is InChI=1S/C24H27F2N5O2/c1-5-33-19-9-7-18(8-10-19)28-24(27-13-12-20-15(2)30-31(4)16(20)3)29-23(32)17-6-11-21(25)22(26)14-17/h6-11,14H,5,12-13H2,1-4H3,(H2,27,28,29,32). The summed E-state index contributed by atoms with van der Waals surface area (Å²) in [4.78, 5) is 17.1. The molecule has 2 aromatic carbocycles. The molecule has 1 amide bonds. The number of guanidine groups is 1. The fraction of sp³-hybridized carbons (Fsp3) is 0.292. The van der Waals surface area contributed by atoms with E-state index in [4.69, 9.17) is 4.74 Å². The first-order valence-corrected chi connectivity index (χ1v) is 10.6. The van der Waals surface area contributed by atoms with Crippen LogP contribution in [0.3, 0.4) is 0 Å². The molecule has 3 rings (SSSR count). The van der Waals surface area contributed by atoms with Crippen molar-refractivity contribution < 1.29 is 18.3 Å². The third kappa shape index (κ3) is 6.15. The van der Waals surface area contributed by atoms with Gasteiger partial charge in [0.15, 0.2) is 11.6 Å². The lowest BCUT2D eigenvalue weighted by Gasteiger charge is -2.13. The number of hydrogen-bond acceptors (Lipinski definition) is 4. The number of benzene rings is 2. The van der Waals surface area contributed by atoms with Crippen LogP contribution in [0, 0.1) is 25.5 Å². The van der Waals surface area contributed by atoms with Gasteiger partial charge in [0.25, 0.3) is 5.91 Å². The number of ether oxygens (including phenoxy) is 1. The molecule has 0 unspecified atom stereocenters. The molecule has 0 aliphatic rings. The summed E-state index contributed by atoms with van der Waals surface area (Å²) in [5.41, 5.74) is 3.73. The normalized spacial score (nSPS) is 11.4. The van der Waals surface area contributed by atoms with Crippen LogP contribution in [0.25, 0.3) is 0 Å². The maximum absolute atomic E-state index is 13.6. The van der Waals surface area contributed by atoms with Crippen LogP contribution in [0.4, 0.5) is 14.5 Å². The first kappa shape index (κ1) is 23.9. The van der Waals surface area contributed by atoms with E-state index >= 15 is 0 Å². The number of aliphatic imine (C=N–C) groups is 1. The van der Waals surface area contributed by atoms with E-state index in [1.54, 1.807) is 24.3 Å². The Kier molecular flexibility index (Phi) is 7.76. The number of aromatic nitrogens is 2. The topological polar surface area (TPSA) is 80.5 Å². The van der Waals surface area contributed by atoms with Crippen LogP contribution in [0.5, 0.6) is 5.75 Å². The van der Waals surface area contributed by atoms with Gasteiger partial charge in [-0.25, -0.2) is 8.78 Å². The van der Waals surface area contributed by atoms with Crippen molar-refractivity contribution >= 4 is 17.6 Å². The number of nitrogens with zero attached hydrogens (tertiary/aromatic N) is 3. The van der Waals surface area contributed by atoms with Crippen molar-refractivity contribution in [3.63, 3.8) is 0 Å². The molecule has 0 fully saturated rings. The number of rotatable bonds is 7. The average molecular weight is 456 g/mol. The largest absolute Gasteiger partial charge is 0.494 e. The SMILES string of the molecule is CCOc1ccc(NC(=NCCc2c(C)nn(C)c2C)NC(=O)c2ccc(F)c(F)c2)cc1. The number of anilines is 1. The van der Waals surface area contributed by atoms with Crippen molar-refractivity contribution in [3.8, 4) is 5.75 Å². The fourth-order valence-corrected chi connectivity index (χ4v) is 3.32. The minimum atomic E-state index is -1.09. The highest BCUT2D eigenvalue weighted by Crippen LogP contribution is 2.16. The lowest BCUT2D eigenvalue weighted by atomic mass is 10.1. The van der Waals surface area contributed by atoms with Gasteiger partial charge in [-0.05, 0) is 75.2 Å². The molecule has 2 N–H and O–H groups in total. The third-order valence-corrected chi connectivity index (χ3v) is 5.13. The number of carbonyl (C=O) groups excluding carboxylic acids is 1. The molecule has 0 spiro atoms. The Morgan fingerprint density at radius 1 is 1.12 bits per heavy atom. The Morgan fingerprint density at radius 3 is 2.45 bits per heavy atom. The zero-order valence-corrected chi connectivity index (χ0v) is 19.1. The Balaban J connectivity index is 1.78. The number of aryl methyl sites for hydroxylation is 2. The summed E-state index contributed by atoms with van der Waals surface area (Å²) in [6.07, 6.45) is 0.626. The van der Waals surface area contributed by atoms with Crippen LogP contribution >= 0.6 is 0 Å². The molecular formula is C24H27F2N5O2. The van der Waals surface area contributed by atoms with Crippen molar-refractivity contribution in [1.29, 1.82) is 0 Å². The highest BCUT2D eigenvalue weighted by molar-refractivity contribution is 6.09. The van der Waals surface area contributed by atoms with E-state index in [2.05, 4.69) is 20.7 Å². The molecule has 1 heterocycles. The molecule has 0 radical (unpaired) electrons. The van der Waals surface area contributed by atoms with Gasteiger partial charge in [-0.2, -0.15) is 5.10 Å². The molecule has 0 atom stereocenters. The second kappa shape index (κ2) is 10.7. The predicted octanol–water partition coefficient (Wildman–Crippen LogP) is 4.15. The molecule has 174 valence electrons. The molecule has 33 heavy (non-hydrogen) atoms. The van der Waals surface area contributed by atoms with Crippen LogP contribution in [0.15, 0.2) is 47.5 Å². The van der Waals surface area contributed by atoms with Crippen molar-refractivity contribution in [1.82, 2.24) is 15.1 Å². The minimum Gasteiger partial charge on any atom is -0.494 e. The van der Waals surface area contributed by atoms with E-state index in [0.29, 0.717) is 25.3 Å². The zero-order valence-electron chi connectivity index (χ0n) is 19.1. The number of amides is 1. The van der Waals surface area contributed by atoms with Gasteiger partial charge in [-0.1, -0.05) is 0 Å². The summed E-state index contributed by atoms with van der Waals surface area (Å²) in [6, 6.07) is 10.1. The number of carbonyl (C=O) groups is 1. The molecule has 7 nitrogen and oxygen atoms in total. The van der Waals surface area contributed by atoms with Crippen molar-refractivity contribution in [2.24, 2.45) is 12.0 Å². The van der Waals surface area contributed by atoms with E-state index < -0.39 is 17.5 Å². The average Bonchev–Trinajstić information content (AvgIpc) is 3.03. The Bertz CT molecular complexity index is 1160. The third-order valence-electron chi connectivity index (χ3n) is 5.13. The second-order valence-corrected chi connectivity index (χ2v) is 7.42.